The van der Waals surface area contributed by atoms with Gasteiger partial charge in [0.15, 0.2) is 11.3 Å². The molecular formula is C26H24FN9O. The Morgan fingerprint density at radius 2 is 1.89 bits per heavy atom. The molecule has 186 valence electrons. The number of rotatable bonds is 6. The Morgan fingerprint density at radius 3 is 2.68 bits per heavy atom. The Bertz CT molecular complexity index is 1570. The molecule has 37 heavy (non-hydrogen) atoms. The van der Waals surface area contributed by atoms with E-state index in [1.54, 1.807) is 31.0 Å². The number of nitrogens with one attached hydrogen (secondary N) is 3. The van der Waals surface area contributed by atoms with Crippen molar-refractivity contribution in [3.05, 3.63) is 78.5 Å². The van der Waals surface area contributed by atoms with Gasteiger partial charge >= 0.3 is 0 Å². The number of aromatic nitrogens is 7. The van der Waals surface area contributed by atoms with Crippen LogP contribution in [0.15, 0.2) is 61.6 Å². The Kier molecular flexibility index (Phi) is 6.50. The van der Waals surface area contributed by atoms with Gasteiger partial charge in [-0.05, 0) is 62.6 Å². The highest BCUT2D eigenvalue weighted by atomic mass is 19.1. The summed E-state index contributed by atoms with van der Waals surface area (Å²) in [5, 5.41) is 5.86. The van der Waals surface area contributed by atoms with Gasteiger partial charge < -0.3 is 15.6 Å². The molecule has 10 nitrogen and oxygen atoms in total. The van der Waals surface area contributed by atoms with Crippen LogP contribution in [0, 0.1) is 13.8 Å². The zero-order chi connectivity index (χ0) is 25.8. The van der Waals surface area contributed by atoms with E-state index in [1.165, 1.54) is 6.33 Å². The van der Waals surface area contributed by atoms with Gasteiger partial charge in [-0.2, -0.15) is 0 Å². The first-order chi connectivity index (χ1) is 18.0. The lowest BCUT2D eigenvalue weighted by Gasteiger charge is -2.13. The minimum Gasteiger partial charge on any atom is -0.341 e. The summed E-state index contributed by atoms with van der Waals surface area (Å²) in [7, 11) is 0. The second-order valence-corrected chi connectivity index (χ2v) is 8.65. The highest BCUT2D eigenvalue weighted by Crippen LogP contribution is 2.48. The summed E-state index contributed by atoms with van der Waals surface area (Å²) in [6.07, 6.45) is 9.89. The Hall–Kier alpha value is -4.80. The van der Waals surface area contributed by atoms with Crippen LogP contribution in [0.2, 0.25) is 0 Å². The number of alkyl halides is 1. The number of anilines is 3. The summed E-state index contributed by atoms with van der Waals surface area (Å²) >= 11 is 0. The number of hydrogen-bond donors (Lipinski definition) is 3. The number of nitrogens with zero attached hydrogens (tertiary/aromatic N) is 6. The number of carbonyl (C=O) groups excluding carboxylic acids is 1. The quantitative estimate of drug-likeness (QED) is 0.285. The zero-order valence-corrected chi connectivity index (χ0v) is 20.2. The van der Waals surface area contributed by atoms with Crippen molar-refractivity contribution in [2.45, 2.75) is 32.4 Å². The molecule has 0 aromatic carbocycles. The maximum atomic E-state index is 13.3. The Labute approximate surface area is 211 Å². The molecule has 0 bridgehead atoms. The first-order valence-electron chi connectivity index (χ1n) is 11.6. The molecular weight excluding hydrogens is 473 g/mol. The maximum Gasteiger partial charge on any atom is 0.211 e. The number of H-pyrrole nitrogens is 1. The number of aryl methyl sites for hydroxylation is 2. The molecule has 0 spiro atoms. The van der Waals surface area contributed by atoms with E-state index in [-0.39, 0.29) is 0 Å². The predicted molar refractivity (Wildman–Crippen MR) is 138 cm³/mol. The van der Waals surface area contributed by atoms with Crippen LogP contribution in [0.25, 0.3) is 22.4 Å². The van der Waals surface area contributed by atoms with E-state index < -0.39 is 5.67 Å². The lowest BCUT2D eigenvalue weighted by Crippen LogP contribution is -2.02. The van der Waals surface area contributed by atoms with Crippen molar-refractivity contribution < 1.29 is 9.18 Å². The molecule has 3 N–H and O–H groups in total. The fourth-order valence-corrected chi connectivity index (χ4v) is 3.75. The summed E-state index contributed by atoms with van der Waals surface area (Å²) in [6.45, 7) is 3.82. The van der Waals surface area contributed by atoms with Crippen LogP contribution >= 0.6 is 0 Å². The van der Waals surface area contributed by atoms with Gasteiger partial charge in [-0.1, -0.05) is 0 Å². The third kappa shape index (κ3) is 5.25. The van der Waals surface area contributed by atoms with Crippen LogP contribution in [0.1, 0.15) is 29.8 Å². The van der Waals surface area contributed by atoms with E-state index in [9.17, 15) is 9.18 Å². The van der Waals surface area contributed by atoms with Gasteiger partial charge in [0, 0.05) is 18.0 Å². The van der Waals surface area contributed by atoms with E-state index in [4.69, 9.17) is 0 Å². The van der Waals surface area contributed by atoms with E-state index in [2.05, 4.69) is 45.5 Å². The second kappa shape index (κ2) is 10.1. The minimum atomic E-state index is -1.08. The predicted octanol–water partition coefficient (Wildman–Crippen LogP) is 4.78. The Morgan fingerprint density at radius 1 is 1.03 bits per heavy atom. The summed E-state index contributed by atoms with van der Waals surface area (Å²) in [5.41, 5.74) is 5.49. The molecule has 5 aromatic rings. The molecule has 1 aliphatic rings. The van der Waals surface area contributed by atoms with Crippen LogP contribution in [-0.4, -0.2) is 41.3 Å². The van der Waals surface area contributed by atoms with Gasteiger partial charge in [-0.25, -0.2) is 24.3 Å². The van der Waals surface area contributed by atoms with Crippen LogP contribution < -0.4 is 10.6 Å². The molecule has 5 aromatic heterocycles. The summed E-state index contributed by atoms with van der Waals surface area (Å²) in [5.74, 6) is 0.607. The molecule has 0 unspecified atom stereocenters. The molecule has 0 radical (unpaired) electrons. The largest absolute Gasteiger partial charge is 0.341 e. The number of imidazole rings is 1. The number of aromatic amines is 1. The lowest BCUT2D eigenvalue weighted by molar-refractivity contribution is -0.105. The molecule has 1 fully saturated rings. The van der Waals surface area contributed by atoms with Crippen LogP contribution in [0.3, 0.4) is 0 Å². The summed E-state index contributed by atoms with van der Waals surface area (Å²) < 4.78 is 13.3. The number of amides is 1. The smallest absolute Gasteiger partial charge is 0.211 e. The van der Waals surface area contributed by atoms with Crippen molar-refractivity contribution >= 4 is 34.8 Å². The van der Waals surface area contributed by atoms with Crippen LogP contribution in [0.4, 0.5) is 21.6 Å². The van der Waals surface area contributed by atoms with Crippen molar-refractivity contribution in [2.75, 3.05) is 10.6 Å². The number of hydrogen-bond acceptors (Lipinski definition) is 8. The van der Waals surface area contributed by atoms with Crippen molar-refractivity contribution in [3.63, 3.8) is 0 Å². The molecule has 1 amide bonds. The average Bonchev–Trinajstić information content (AvgIpc) is 3.47. The topological polar surface area (TPSA) is 134 Å². The van der Waals surface area contributed by atoms with Crippen molar-refractivity contribution in [2.24, 2.45) is 0 Å². The van der Waals surface area contributed by atoms with Gasteiger partial charge in [0.25, 0.3) is 0 Å². The first-order valence-corrected chi connectivity index (χ1v) is 11.6. The number of fused-ring (bicyclic) bond motifs is 1. The fraction of sp³-hybridized carbons (Fsp3) is 0.192. The highest BCUT2D eigenvalue weighted by Gasteiger charge is 2.46. The van der Waals surface area contributed by atoms with Gasteiger partial charge in [0.05, 0.1) is 35.3 Å². The van der Waals surface area contributed by atoms with Crippen LogP contribution in [-0.2, 0) is 10.5 Å². The fourth-order valence-electron chi connectivity index (χ4n) is 3.75. The van der Waals surface area contributed by atoms with Crippen molar-refractivity contribution in [1.29, 1.82) is 0 Å². The minimum absolute atomic E-state index is 0.583. The molecule has 11 heteroatoms. The van der Waals surface area contributed by atoms with Crippen LogP contribution in [0.5, 0.6) is 0 Å². The van der Waals surface area contributed by atoms with Gasteiger partial charge in [-0.15, -0.1) is 0 Å². The van der Waals surface area contributed by atoms with E-state index in [0.29, 0.717) is 47.8 Å². The van der Waals surface area contributed by atoms with Gasteiger partial charge in [-0.3, -0.25) is 14.8 Å². The molecule has 5 heterocycles. The number of halogens is 1. The average molecular weight is 498 g/mol. The SMILES string of the molecule is Cc1ccnc(C2(F)CC2)c1.Cc1ncc(NC=O)cc1Nc1ncccc1-c1ncnc2nc[nH]c12. The zero-order valence-electron chi connectivity index (χ0n) is 20.2. The van der Waals surface area contributed by atoms with Gasteiger partial charge in [0.2, 0.25) is 6.41 Å². The third-order valence-electron chi connectivity index (χ3n) is 5.91. The van der Waals surface area contributed by atoms with E-state index >= 15 is 0 Å². The standard InChI is InChI=1S/C17H14N8O.C9H10FN/c1-10-13(5-11(6-19-10)24-9-26)25-16-12(3-2-4-18-16)14-15-17(22-7-20-14)23-8-21-15;1-7-2-5-11-8(6-7)9(10)3-4-9/h2-9H,1H3,(H,18,25)(H,24,26)(H,20,21,22,23);2,5-6H,3-4H2,1H3. The molecule has 0 atom stereocenters. The second-order valence-electron chi connectivity index (χ2n) is 8.65. The Balaban J connectivity index is 0.000000212. The highest BCUT2D eigenvalue weighted by molar-refractivity contribution is 5.91. The molecule has 6 rings (SSSR count). The summed E-state index contributed by atoms with van der Waals surface area (Å²) in [6, 6.07) is 9.25. The van der Waals surface area contributed by atoms with Gasteiger partial charge in [0.1, 0.15) is 23.4 Å². The first kappa shape index (κ1) is 23.9. The van der Waals surface area contributed by atoms with E-state index in [1.807, 2.05) is 38.1 Å². The monoisotopic (exact) mass is 497 g/mol. The number of carbonyl (C=O) groups is 1. The van der Waals surface area contributed by atoms with Crippen molar-refractivity contribution in [1.82, 2.24) is 34.9 Å². The lowest BCUT2D eigenvalue weighted by atomic mass is 10.1. The van der Waals surface area contributed by atoms with Crippen molar-refractivity contribution in [3.8, 4) is 11.3 Å². The molecule has 0 aliphatic heterocycles. The van der Waals surface area contributed by atoms with E-state index in [0.717, 1.165) is 28.0 Å². The maximum absolute atomic E-state index is 13.3. The third-order valence-corrected chi connectivity index (χ3v) is 5.91. The molecule has 0 saturated heterocycles. The molecule has 1 saturated carbocycles. The summed E-state index contributed by atoms with van der Waals surface area (Å²) in [4.78, 5) is 39.1. The normalized spacial score (nSPS) is 13.4. The number of pyridine rings is 3. The molecule has 1 aliphatic carbocycles.